The van der Waals surface area contributed by atoms with Gasteiger partial charge in [-0.05, 0) is 147 Å². The lowest BCUT2D eigenvalue weighted by molar-refractivity contribution is 0.590. The number of anilines is 6. The van der Waals surface area contributed by atoms with Gasteiger partial charge in [0, 0.05) is 39.7 Å². The molecule has 10 aromatic carbocycles. The van der Waals surface area contributed by atoms with Gasteiger partial charge in [-0.2, -0.15) is 0 Å². The number of hydrogen-bond donors (Lipinski definition) is 0. The first-order valence-corrected chi connectivity index (χ1v) is 32.4. The van der Waals surface area contributed by atoms with Crippen LogP contribution in [0.1, 0.15) is 105 Å². The predicted octanol–water partition coefficient (Wildman–Crippen LogP) is 16.3. The summed E-state index contributed by atoms with van der Waals surface area (Å²) in [4.78, 5) is 10.8. The number of nitrogens with zero attached hydrogens (tertiary/aromatic N) is 3. The molecule has 2 aliphatic rings. The Kier molecular flexibility index (Phi) is 13.1. The maximum atomic E-state index is 5.58. The van der Waals surface area contributed by atoms with E-state index >= 15 is 0 Å². The molecule has 11 aromatic rings. The smallest absolute Gasteiger partial charge is 0.252 e. The van der Waals surface area contributed by atoms with Gasteiger partial charge < -0.3 is 9.80 Å². The quantitative estimate of drug-likeness (QED) is 0.112. The summed E-state index contributed by atoms with van der Waals surface area (Å²) >= 11 is 1.80. The van der Waals surface area contributed by atoms with Crippen LogP contribution >= 0.6 is 11.3 Å². The van der Waals surface area contributed by atoms with Gasteiger partial charge in [0.25, 0.3) is 6.71 Å². The van der Waals surface area contributed by atoms with Crippen LogP contribution in [0.25, 0.3) is 31.9 Å². The van der Waals surface area contributed by atoms with Gasteiger partial charge in [0.05, 0.1) is 10.2 Å². The summed E-state index contributed by atoms with van der Waals surface area (Å²) in [7, 11) is -3.13. The Bertz CT molecular complexity index is 4100. The van der Waals surface area contributed by atoms with Crippen LogP contribution in [0.3, 0.4) is 0 Å². The number of thiazole rings is 1. The maximum absolute atomic E-state index is 5.58. The second-order valence-corrected chi connectivity index (χ2v) is 32.1. The van der Waals surface area contributed by atoms with Crippen molar-refractivity contribution in [2.45, 2.75) is 105 Å². The lowest BCUT2D eigenvalue weighted by Gasteiger charge is -2.46. The van der Waals surface area contributed by atoms with Gasteiger partial charge in [-0.15, -0.1) is 11.3 Å². The van der Waals surface area contributed by atoms with Crippen LogP contribution in [-0.2, 0) is 21.7 Å². The van der Waals surface area contributed by atoms with Crippen LogP contribution in [0.2, 0.25) is 0 Å². The van der Waals surface area contributed by atoms with E-state index in [1.165, 1.54) is 92.3 Å². The van der Waals surface area contributed by atoms with Crippen LogP contribution in [0.15, 0.2) is 231 Å². The van der Waals surface area contributed by atoms with E-state index in [4.69, 9.17) is 4.98 Å². The maximum Gasteiger partial charge on any atom is 0.252 e. The Balaban J connectivity index is 1.12. The van der Waals surface area contributed by atoms with Crippen molar-refractivity contribution in [1.29, 1.82) is 0 Å². The highest BCUT2D eigenvalue weighted by Gasteiger charge is 2.48. The normalized spacial score (nSPS) is 13.5. The van der Waals surface area contributed by atoms with E-state index < -0.39 is 8.07 Å². The molecule has 83 heavy (non-hydrogen) atoms. The fourth-order valence-electron chi connectivity index (χ4n) is 13.0. The van der Waals surface area contributed by atoms with Gasteiger partial charge in [0.15, 0.2) is 8.07 Å². The summed E-state index contributed by atoms with van der Waals surface area (Å²) in [5.74, 6) is 0. The molecule has 0 radical (unpaired) electrons. The highest BCUT2D eigenvalue weighted by Crippen LogP contribution is 2.47. The molecule has 0 spiro atoms. The summed E-state index contributed by atoms with van der Waals surface area (Å²) < 4.78 is 1.18. The van der Waals surface area contributed by atoms with Gasteiger partial charge in [-0.25, -0.2) is 4.98 Å². The zero-order valence-electron chi connectivity index (χ0n) is 50.3. The fraction of sp³-hybridized carbons (Fsp3) is 0.208. The zero-order chi connectivity index (χ0) is 57.8. The summed E-state index contributed by atoms with van der Waals surface area (Å²) in [6.45, 7) is 27.6. The minimum Gasteiger partial charge on any atom is -0.311 e. The molecular weight excluding hydrogens is 1040 g/mol. The van der Waals surface area contributed by atoms with E-state index in [-0.39, 0.29) is 28.4 Å². The molecule has 3 heterocycles. The molecule has 6 heteroatoms. The molecule has 0 saturated heterocycles. The SMILES string of the molecule is CC(C)(C)c1ccc(-c2ccc(-c3nc4cc5c(cc4s3)B3c4cc(C(C)(C)C)ccc4N(c4ccc(C(C)(C)C)cc4)c4cc([Si](c6ccccc6)(c6ccccc6)c6ccccc6)cc(c43)N5c3ccc(C(C)(C)C)cc3)cc2)cc1. The van der Waals surface area contributed by atoms with Crippen LogP contribution in [0.4, 0.5) is 34.1 Å². The van der Waals surface area contributed by atoms with Crippen molar-refractivity contribution in [2.75, 3.05) is 9.80 Å². The molecule has 0 unspecified atom stereocenters. The summed E-state index contributed by atoms with van der Waals surface area (Å²) in [6.07, 6.45) is 0. The molecule has 0 atom stereocenters. The molecule has 2 aliphatic heterocycles. The van der Waals surface area contributed by atoms with Crippen molar-refractivity contribution in [3.05, 3.63) is 253 Å². The monoisotopic (exact) mass is 1110 g/mol. The first-order chi connectivity index (χ1) is 39.7. The number of rotatable bonds is 8. The average molecular weight is 1110 g/mol. The lowest BCUT2D eigenvalue weighted by atomic mass is 9.33. The number of hydrogen-bond acceptors (Lipinski definition) is 4. The fourth-order valence-corrected chi connectivity index (χ4v) is 18.8. The first kappa shape index (κ1) is 54.2. The Morgan fingerprint density at radius 3 is 1.18 bits per heavy atom. The Labute approximate surface area is 498 Å². The molecule has 0 bridgehead atoms. The van der Waals surface area contributed by atoms with Gasteiger partial charge in [0.2, 0.25) is 0 Å². The van der Waals surface area contributed by atoms with E-state index in [2.05, 4.69) is 323 Å². The third kappa shape index (κ3) is 9.49. The Morgan fingerprint density at radius 2 is 0.735 bits per heavy atom. The molecule has 0 fully saturated rings. The summed E-state index contributed by atoms with van der Waals surface area (Å²) in [5.41, 5.74) is 20.8. The molecule has 0 N–H and O–H groups in total. The van der Waals surface area contributed by atoms with E-state index in [9.17, 15) is 0 Å². The van der Waals surface area contributed by atoms with Gasteiger partial charge in [-0.1, -0.05) is 259 Å². The van der Waals surface area contributed by atoms with Crippen LogP contribution in [0.5, 0.6) is 0 Å². The number of aromatic nitrogens is 1. The predicted molar refractivity (Wildman–Crippen MR) is 363 cm³/mol. The molecule has 0 aliphatic carbocycles. The molecule has 3 nitrogen and oxygen atoms in total. The molecule has 1 aromatic heterocycles. The molecule has 0 saturated carbocycles. The van der Waals surface area contributed by atoms with Crippen LogP contribution in [-0.4, -0.2) is 19.8 Å². The number of fused-ring (bicyclic) bond motifs is 5. The standard InChI is InChI=1S/C77H74BN3SSi/c1-74(2,3)54-34-32-52(33-35-54)51-28-30-53(31-29-51)73-79-66-50-68-65(49-71(66)82-73)78-64-46-57(77(10,11)12)40-45-67(64)80(58-41-36-55(37-42-58)75(4,5)6)69-47-63(48-70(72(69)78)81(68)59-43-38-56(39-44-59)76(7,8)9)83(60-22-16-13-17-23-60,61-24-18-14-19-25-61)62-26-20-15-21-27-62/h13-50H,1-12H3. The first-order valence-electron chi connectivity index (χ1n) is 29.6. The third-order valence-corrected chi connectivity index (χ3v) is 23.5. The zero-order valence-corrected chi connectivity index (χ0v) is 52.1. The summed E-state index contributed by atoms with van der Waals surface area (Å²) in [6, 6.07) is 88.8. The third-order valence-electron chi connectivity index (χ3n) is 17.7. The van der Waals surface area contributed by atoms with Crippen molar-refractivity contribution in [3.63, 3.8) is 0 Å². The molecule has 410 valence electrons. The van der Waals surface area contributed by atoms with E-state index in [0.717, 1.165) is 33.1 Å². The van der Waals surface area contributed by atoms with E-state index in [0.29, 0.717) is 0 Å². The van der Waals surface area contributed by atoms with Crippen LogP contribution < -0.4 is 46.9 Å². The Hall–Kier alpha value is -8.03. The highest BCUT2D eigenvalue weighted by molar-refractivity contribution is 7.22. The van der Waals surface area contributed by atoms with Crippen molar-refractivity contribution in [1.82, 2.24) is 4.98 Å². The second kappa shape index (κ2) is 20.1. The second-order valence-electron chi connectivity index (χ2n) is 27.3. The van der Waals surface area contributed by atoms with Crippen molar-refractivity contribution >= 4 is 108 Å². The van der Waals surface area contributed by atoms with Crippen molar-refractivity contribution in [2.24, 2.45) is 0 Å². The minimum atomic E-state index is -3.13. The molecule has 0 amide bonds. The van der Waals surface area contributed by atoms with Gasteiger partial charge in [0.1, 0.15) is 5.01 Å². The average Bonchev–Trinajstić information content (AvgIpc) is 2.42. The summed E-state index contributed by atoms with van der Waals surface area (Å²) in [5, 5.41) is 6.37. The van der Waals surface area contributed by atoms with Crippen molar-refractivity contribution < 1.29 is 0 Å². The minimum absolute atomic E-state index is 0.00660. The van der Waals surface area contributed by atoms with E-state index in [1.54, 1.807) is 11.3 Å². The largest absolute Gasteiger partial charge is 0.311 e. The number of benzene rings is 10. The molecule has 13 rings (SSSR count). The topological polar surface area (TPSA) is 19.4 Å². The van der Waals surface area contributed by atoms with Gasteiger partial charge >= 0.3 is 0 Å². The van der Waals surface area contributed by atoms with E-state index in [1.807, 2.05) is 0 Å². The van der Waals surface area contributed by atoms with Crippen LogP contribution in [0, 0.1) is 0 Å². The lowest BCUT2D eigenvalue weighted by Crippen LogP contribution is -2.75. The highest BCUT2D eigenvalue weighted by atomic mass is 32.1. The Morgan fingerprint density at radius 1 is 0.349 bits per heavy atom. The molecular formula is C77H74BN3SSi. The van der Waals surface area contributed by atoms with Gasteiger partial charge in [-0.3, -0.25) is 0 Å². The van der Waals surface area contributed by atoms with Crippen molar-refractivity contribution in [3.8, 4) is 21.7 Å².